The number of nitrogens with one attached hydrogen (secondary N) is 1. The zero-order chi connectivity index (χ0) is 13.3. The molecule has 18 heavy (non-hydrogen) atoms. The van der Waals surface area contributed by atoms with Gasteiger partial charge in [0.15, 0.2) is 0 Å². The van der Waals surface area contributed by atoms with Gasteiger partial charge in [0.05, 0.1) is 25.0 Å². The highest BCUT2D eigenvalue weighted by Gasteiger charge is 2.12. The predicted molar refractivity (Wildman–Crippen MR) is 81.7 cm³/mol. The lowest BCUT2D eigenvalue weighted by atomic mass is 10.3. The number of carbonyl (C=O) groups excluding carboxylic acids is 1. The molecule has 0 aliphatic carbocycles. The lowest BCUT2D eigenvalue weighted by Crippen LogP contribution is -2.10. The SMILES string of the molecule is Cc1cc(C(=O)Nc2cnc(Cl)c(Br)c2)sc1Br. The van der Waals surface area contributed by atoms with Gasteiger partial charge in [0, 0.05) is 0 Å². The zero-order valence-electron chi connectivity index (χ0n) is 9.13. The molecule has 0 aromatic carbocycles. The summed E-state index contributed by atoms with van der Waals surface area (Å²) in [7, 11) is 0. The minimum absolute atomic E-state index is 0.162. The van der Waals surface area contributed by atoms with Crippen molar-refractivity contribution < 1.29 is 4.79 Å². The molecule has 0 aliphatic rings. The van der Waals surface area contributed by atoms with Crippen LogP contribution in [0, 0.1) is 6.92 Å². The fourth-order valence-electron chi connectivity index (χ4n) is 1.25. The number of carbonyl (C=O) groups is 1. The highest BCUT2D eigenvalue weighted by Crippen LogP contribution is 2.28. The molecule has 0 spiro atoms. The first-order chi connectivity index (χ1) is 8.47. The molecule has 0 bridgehead atoms. The molecule has 0 unspecified atom stereocenters. The van der Waals surface area contributed by atoms with Gasteiger partial charge in [-0.1, -0.05) is 11.6 Å². The normalized spacial score (nSPS) is 10.4. The van der Waals surface area contributed by atoms with Crippen LogP contribution in [0.1, 0.15) is 15.2 Å². The first kappa shape index (κ1) is 14.0. The highest BCUT2D eigenvalue weighted by molar-refractivity contribution is 9.11. The summed E-state index contributed by atoms with van der Waals surface area (Å²) in [6, 6.07) is 3.55. The van der Waals surface area contributed by atoms with Gasteiger partial charge in [0.25, 0.3) is 5.91 Å². The van der Waals surface area contributed by atoms with Crippen molar-refractivity contribution in [1.29, 1.82) is 0 Å². The van der Waals surface area contributed by atoms with Gasteiger partial charge in [0.2, 0.25) is 0 Å². The van der Waals surface area contributed by atoms with Crippen LogP contribution < -0.4 is 5.32 Å². The molecule has 94 valence electrons. The van der Waals surface area contributed by atoms with Crippen LogP contribution in [-0.2, 0) is 0 Å². The number of halogens is 3. The quantitative estimate of drug-likeness (QED) is 0.717. The van der Waals surface area contributed by atoms with Crippen molar-refractivity contribution >= 4 is 66.4 Å². The second-order valence-corrected chi connectivity index (χ2v) is 7.10. The molecular weight excluding hydrogens is 403 g/mol. The van der Waals surface area contributed by atoms with Crippen LogP contribution in [0.5, 0.6) is 0 Å². The third-order valence-corrected chi connectivity index (χ3v) is 5.40. The number of hydrogen-bond acceptors (Lipinski definition) is 3. The lowest BCUT2D eigenvalue weighted by Gasteiger charge is -2.04. The smallest absolute Gasteiger partial charge is 0.265 e. The van der Waals surface area contributed by atoms with E-state index in [0.29, 0.717) is 20.2 Å². The standard InChI is InChI=1S/C11H7Br2ClN2OS/c1-5-2-8(18-9(5)13)11(17)16-6-3-7(12)10(14)15-4-6/h2-4H,1H3,(H,16,17). The number of nitrogens with zero attached hydrogens (tertiary/aromatic N) is 1. The Kier molecular flexibility index (Phi) is 4.42. The predicted octanol–water partition coefficient (Wildman–Crippen LogP) is 4.88. The van der Waals surface area contributed by atoms with Crippen molar-refractivity contribution in [3.63, 3.8) is 0 Å². The first-order valence-corrected chi connectivity index (χ1v) is 7.63. The second kappa shape index (κ2) is 5.69. The van der Waals surface area contributed by atoms with E-state index in [1.54, 1.807) is 6.07 Å². The summed E-state index contributed by atoms with van der Waals surface area (Å²) in [4.78, 5) is 16.6. The average molecular weight is 411 g/mol. The molecule has 3 nitrogen and oxygen atoms in total. The minimum Gasteiger partial charge on any atom is -0.320 e. The maximum Gasteiger partial charge on any atom is 0.265 e. The average Bonchev–Trinajstić information content (AvgIpc) is 2.65. The molecule has 1 amide bonds. The Hall–Kier alpha value is -0.430. The van der Waals surface area contributed by atoms with E-state index < -0.39 is 0 Å². The van der Waals surface area contributed by atoms with Gasteiger partial charge < -0.3 is 5.32 Å². The van der Waals surface area contributed by atoms with Gasteiger partial charge in [0.1, 0.15) is 5.15 Å². The van der Waals surface area contributed by atoms with Gasteiger partial charge in [-0.3, -0.25) is 4.79 Å². The van der Waals surface area contributed by atoms with Crippen LogP contribution in [0.2, 0.25) is 5.15 Å². The summed E-state index contributed by atoms with van der Waals surface area (Å²) >= 11 is 13.8. The summed E-state index contributed by atoms with van der Waals surface area (Å²) in [6.07, 6.45) is 1.51. The summed E-state index contributed by atoms with van der Waals surface area (Å²) in [5.74, 6) is -0.162. The number of amides is 1. The molecule has 1 N–H and O–H groups in total. The van der Waals surface area contributed by atoms with Crippen LogP contribution in [0.15, 0.2) is 26.6 Å². The summed E-state index contributed by atoms with van der Waals surface area (Å²) in [6.45, 7) is 1.94. The largest absolute Gasteiger partial charge is 0.320 e. The first-order valence-electron chi connectivity index (χ1n) is 4.85. The van der Waals surface area contributed by atoms with E-state index in [9.17, 15) is 4.79 Å². The van der Waals surface area contributed by atoms with Gasteiger partial charge in [-0.15, -0.1) is 11.3 Å². The van der Waals surface area contributed by atoms with Crippen LogP contribution in [0.3, 0.4) is 0 Å². The van der Waals surface area contributed by atoms with Crippen LogP contribution in [0.4, 0.5) is 5.69 Å². The molecule has 2 rings (SSSR count). The van der Waals surface area contributed by atoms with Crippen LogP contribution in [0.25, 0.3) is 0 Å². The number of hydrogen-bond donors (Lipinski definition) is 1. The van der Waals surface area contributed by atoms with Crippen molar-refractivity contribution in [3.8, 4) is 0 Å². The van der Waals surface area contributed by atoms with Crippen molar-refractivity contribution in [3.05, 3.63) is 42.2 Å². The molecule has 0 aliphatic heterocycles. The summed E-state index contributed by atoms with van der Waals surface area (Å²) < 4.78 is 1.61. The monoisotopic (exact) mass is 408 g/mol. The third-order valence-electron chi connectivity index (χ3n) is 2.14. The Bertz CT molecular complexity index is 596. The van der Waals surface area contributed by atoms with E-state index in [0.717, 1.165) is 9.35 Å². The van der Waals surface area contributed by atoms with Crippen molar-refractivity contribution in [2.24, 2.45) is 0 Å². The maximum absolute atomic E-state index is 12.0. The molecule has 0 saturated carbocycles. The number of anilines is 1. The summed E-state index contributed by atoms with van der Waals surface area (Å²) in [5.41, 5.74) is 1.64. The topological polar surface area (TPSA) is 42.0 Å². The van der Waals surface area contributed by atoms with E-state index in [1.807, 2.05) is 13.0 Å². The molecule has 2 aromatic rings. The fourth-order valence-corrected chi connectivity index (χ4v) is 3.14. The van der Waals surface area contributed by atoms with Crippen molar-refractivity contribution in [2.75, 3.05) is 5.32 Å². The molecule has 2 heterocycles. The Morgan fingerprint density at radius 3 is 2.72 bits per heavy atom. The van der Waals surface area contributed by atoms with Gasteiger partial charge in [-0.05, 0) is 56.5 Å². The Balaban J connectivity index is 2.18. The molecule has 0 radical (unpaired) electrons. The Morgan fingerprint density at radius 1 is 1.44 bits per heavy atom. The van der Waals surface area contributed by atoms with Gasteiger partial charge >= 0.3 is 0 Å². The highest BCUT2D eigenvalue weighted by atomic mass is 79.9. The van der Waals surface area contributed by atoms with Gasteiger partial charge in [-0.2, -0.15) is 0 Å². The van der Waals surface area contributed by atoms with Gasteiger partial charge in [-0.25, -0.2) is 4.98 Å². The van der Waals surface area contributed by atoms with E-state index in [4.69, 9.17) is 11.6 Å². The molecule has 0 fully saturated rings. The summed E-state index contributed by atoms with van der Waals surface area (Å²) in [5, 5.41) is 3.13. The molecule has 7 heteroatoms. The van der Waals surface area contributed by atoms with E-state index >= 15 is 0 Å². The number of thiophene rings is 1. The molecule has 2 aromatic heterocycles. The van der Waals surface area contributed by atoms with Crippen molar-refractivity contribution in [1.82, 2.24) is 4.98 Å². The number of aryl methyl sites for hydroxylation is 1. The second-order valence-electron chi connectivity index (χ2n) is 3.52. The van der Waals surface area contributed by atoms with Crippen LogP contribution >= 0.6 is 54.8 Å². The molecule has 0 saturated heterocycles. The Morgan fingerprint density at radius 2 is 2.17 bits per heavy atom. The van der Waals surface area contributed by atoms with Crippen molar-refractivity contribution in [2.45, 2.75) is 6.92 Å². The minimum atomic E-state index is -0.162. The molecular formula is C11H7Br2ClN2OS. The lowest BCUT2D eigenvalue weighted by molar-refractivity contribution is 0.103. The third kappa shape index (κ3) is 3.12. The van der Waals surface area contributed by atoms with E-state index in [1.165, 1.54) is 17.5 Å². The van der Waals surface area contributed by atoms with Crippen LogP contribution in [-0.4, -0.2) is 10.9 Å². The number of aromatic nitrogens is 1. The van der Waals surface area contributed by atoms with E-state index in [-0.39, 0.29) is 5.91 Å². The number of rotatable bonds is 2. The van der Waals surface area contributed by atoms with E-state index in [2.05, 4.69) is 42.2 Å². The maximum atomic E-state index is 12.0. The molecule has 0 atom stereocenters. The number of pyridine rings is 1. The zero-order valence-corrected chi connectivity index (χ0v) is 13.9. The Labute approximate surface area is 130 Å². The fraction of sp³-hybridized carbons (Fsp3) is 0.0909.